The van der Waals surface area contributed by atoms with Gasteiger partial charge in [0.15, 0.2) is 11.5 Å². The van der Waals surface area contributed by atoms with E-state index in [0.29, 0.717) is 36.8 Å². The average molecular weight is 388 g/mol. The molecule has 0 radical (unpaired) electrons. The van der Waals surface area contributed by atoms with Gasteiger partial charge in [-0.1, -0.05) is 18.2 Å². The fraction of sp³-hybridized carbons (Fsp3) is 0.316. The van der Waals surface area contributed by atoms with E-state index in [9.17, 15) is 4.79 Å². The first-order chi connectivity index (χ1) is 11.7. The molecule has 0 bridgehead atoms. The molecular weight excluding hydrogens is 370 g/mol. The van der Waals surface area contributed by atoms with Crippen molar-refractivity contribution in [2.24, 2.45) is 0 Å². The summed E-state index contributed by atoms with van der Waals surface area (Å²) in [6, 6.07) is 10.0. The number of hydrogen-bond acceptors (Lipinski definition) is 3. The summed E-state index contributed by atoms with van der Waals surface area (Å²) in [5, 5.41) is 2.96. The summed E-state index contributed by atoms with van der Waals surface area (Å²) in [6.45, 7) is 1.07. The Morgan fingerprint density at radius 1 is 1.04 bits per heavy atom. The number of hydrogen-bond donors (Lipinski definition) is 1. The maximum atomic E-state index is 12.4. The van der Waals surface area contributed by atoms with Crippen molar-refractivity contribution in [2.45, 2.75) is 25.7 Å². The fourth-order valence-electron chi connectivity index (χ4n) is 3.27. The van der Waals surface area contributed by atoms with Crippen molar-refractivity contribution in [2.75, 3.05) is 18.5 Å². The first-order valence-electron chi connectivity index (χ1n) is 8.19. The van der Waals surface area contributed by atoms with Crippen molar-refractivity contribution < 1.29 is 14.3 Å². The average Bonchev–Trinajstić information content (AvgIpc) is 3.03. The van der Waals surface area contributed by atoms with Crippen LogP contribution in [0, 0.1) is 0 Å². The Morgan fingerprint density at radius 3 is 2.62 bits per heavy atom. The Hall–Kier alpha value is -2.01. The molecule has 4 nitrogen and oxygen atoms in total. The van der Waals surface area contributed by atoms with E-state index in [1.807, 2.05) is 6.07 Å². The highest BCUT2D eigenvalue weighted by Gasteiger charge is 2.17. The van der Waals surface area contributed by atoms with Crippen LogP contribution in [0.3, 0.4) is 0 Å². The normalized spacial score (nSPS) is 15.0. The molecule has 0 aromatic heterocycles. The molecule has 0 saturated carbocycles. The number of nitrogens with one attached hydrogen (secondary N) is 1. The summed E-state index contributed by atoms with van der Waals surface area (Å²) in [4.78, 5) is 12.4. The van der Waals surface area contributed by atoms with Gasteiger partial charge in [0.05, 0.1) is 12.1 Å². The van der Waals surface area contributed by atoms with Gasteiger partial charge in [-0.25, -0.2) is 0 Å². The minimum Gasteiger partial charge on any atom is -0.486 e. The zero-order valence-corrected chi connectivity index (χ0v) is 14.8. The van der Waals surface area contributed by atoms with E-state index in [1.165, 1.54) is 17.5 Å². The van der Waals surface area contributed by atoms with Crippen molar-refractivity contribution in [3.8, 4) is 11.5 Å². The van der Waals surface area contributed by atoms with Crippen LogP contribution in [0.25, 0.3) is 0 Å². The summed E-state index contributed by atoms with van der Waals surface area (Å²) >= 11 is 3.48. The number of ether oxygens (including phenoxy) is 2. The number of fused-ring (bicyclic) bond motifs is 2. The van der Waals surface area contributed by atoms with Crippen LogP contribution in [-0.2, 0) is 24.1 Å². The quantitative estimate of drug-likeness (QED) is 0.868. The molecular formula is C19H18BrNO3. The molecule has 5 heteroatoms. The van der Waals surface area contributed by atoms with Crippen LogP contribution in [0.1, 0.15) is 23.1 Å². The zero-order chi connectivity index (χ0) is 16.5. The summed E-state index contributed by atoms with van der Waals surface area (Å²) < 4.78 is 11.9. The van der Waals surface area contributed by atoms with Gasteiger partial charge in [-0.15, -0.1) is 0 Å². The lowest BCUT2D eigenvalue weighted by atomic mass is 10.0. The highest BCUT2D eigenvalue weighted by atomic mass is 79.9. The molecule has 1 heterocycles. The largest absolute Gasteiger partial charge is 0.486 e. The number of halogens is 1. The molecule has 1 amide bonds. The van der Waals surface area contributed by atoms with Crippen LogP contribution in [-0.4, -0.2) is 19.1 Å². The summed E-state index contributed by atoms with van der Waals surface area (Å²) in [5.41, 5.74) is 4.57. The van der Waals surface area contributed by atoms with Gasteiger partial charge >= 0.3 is 0 Å². The number of rotatable bonds is 3. The molecule has 0 atom stereocenters. The van der Waals surface area contributed by atoms with Crippen LogP contribution in [0.5, 0.6) is 11.5 Å². The van der Waals surface area contributed by atoms with Crippen molar-refractivity contribution in [1.82, 2.24) is 0 Å². The lowest BCUT2D eigenvalue weighted by Crippen LogP contribution is -2.17. The van der Waals surface area contributed by atoms with Gasteiger partial charge in [-0.2, -0.15) is 0 Å². The second kappa shape index (κ2) is 6.48. The SMILES string of the molecule is O=C(Cc1ccc2c(c1)CCC2)Nc1cc2c(cc1Br)OCCO2. The Bertz CT molecular complexity index is 803. The highest BCUT2D eigenvalue weighted by Crippen LogP contribution is 2.38. The lowest BCUT2D eigenvalue weighted by molar-refractivity contribution is -0.115. The van der Waals surface area contributed by atoms with Crippen LogP contribution in [0.4, 0.5) is 5.69 Å². The van der Waals surface area contributed by atoms with Gasteiger partial charge in [0.2, 0.25) is 5.91 Å². The van der Waals surface area contributed by atoms with E-state index in [2.05, 4.69) is 39.4 Å². The molecule has 124 valence electrons. The molecule has 24 heavy (non-hydrogen) atoms. The Balaban J connectivity index is 1.48. The van der Waals surface area contributed by atoms with Gasteiger partial charge < -0.3 is 14.8 Å². The number of amides is 1. The topological polar surface area (TPSA) is 47.6 Å². The van der Waals surface area contributed by atoms with Crippen LogP contribution in [0.15, 0.2) is 34.8 Å². The fourth-order valence-corrected chi connectivity index (χ4v) is 3.70. The molecule has 0 spiro atoms. The third-order valence-corrected chi connectivity index (χ3v) is 5.09. The van der Waals surface area contributed by atoms with Crippen molar-refractivity contribution in [3.63, 3.8) is 0 Å². The first kappa shape index (κ1) is 15.5. The molecule has 0 fully saturated rings. The predicted molar refractivity (Wildman–Crippen MR) is 95.9 cm³/mol. The molecule has 0 saturated heterocycles. The second-order valence-corrected chi connectivity index (χ2v) is 7.01. The molecule has 4 rings (SSSR count). The molecule has 0 unspecified atom stereocenters. The number of aryl methyl sites for hydroxylation is 2. The van der Waals surface area contributed by atoms with E-state index in [4.69, 9.17) is 9.47 Å². The second-order valence-electron chi connectivity index (χ2n) is 6.16. The van der Waals surface area contributed by atoms with Crippen LogP contribution in [0.2, 0.25) is 0 Å². The third kappa shape index (κ3) is 3.13. The summed E-state index contributed by atoms with van der Waals surface area (Å²) in [7, 11) is 0. The molecule has 1 aliphatic carbocycles. The van der Waals surface area contributed by atoms with E-state index >= 15 is 0 Å². The van der Waals surface area contributed by atoms with Crippen molar-refractivity contribution in [3.05, 3.63) is 51.5 Å². The standard InChI is InChI=1S/C19H18BrNO3/c20-15-10-17-18(24-7-6-23-17)11-16(15)21-19(22)9-12-4-5-13-2-1-3-14(13)8-12/h4-5,8,10-11H,1-3,6-7,9H2,(H,21,22). The van der Waals surface area contributed by atoms with Gasteiger partial charge in [0, 0.05) is 16.6 Å². The van der Waals surface area contributed by atoms with Crippen LogP contribution < -0.4 is 14.8 Å². The Labute approximate surface area is 149 Å². The zero-order valence-electron chi connectivity index (χ0n) is 13.2. The van der Waals surface area contributed by atoms with Gasteiger partial charge in [-0.3, -0.25) is 4.79 Å². The first-order valence-corrected chi connectivity index (χ1v) is 8.98. The van der Waals surface area contributed by atoms with Crippen molar-refractivity contribution >= 4 is 27.5 Å². The monoisotopic (exact) mass is 387 g/mol. The van der Waals surface area contributed by atoms with Gasteiger partial charge in [0.25, 0.3) is 0 Å². The Morgan fingerprint density at radius 2 is 1.79 bits per heavy atom. The van der Waals surface area contributed by atoms with E-state index in [-0.39, 0.29) is 5.91 Å². The molecule has 1 aliphatic heterocycles. The highest BCUT2D eigenvalue weighted by molar-refractivity contribution is 9.10. The lowest BCUT2D eigenvalue weighted by Gasteiger charge is -2.20. The van der Waals surface area contributed by atoms with Crippen LogP contribution >= 0.6 is 15.9 Å². The number of anilines is 1. The summed E-state index contributed by atoms with van der Waals surface area (Å²) in [6.07, 6.45) is 3.87. The maximum Gasteiger partial charge on any atom is 0.228 e. The smallest absolute Gasteiger partial charge is 0.228 e. The number of benzene rings is 2. The minimum absolute atomic E-state index is 0.0367. The molecule has 1 N–H and O–H groups in total. The van der Waals surface area contributed by atoms with E-state index in [1.54, 1.807) is 6.07 Å². The van der Waals surface area contributed by atoms with E-state index in [0.717, 1.165) is 22.9 Å². The third-order valence-electron chi connectivity index (χ3n) is 4.43. The Kier molecular flexibility index (Phi) is 4.19. The van der Waals surface area contributed by atoms with E-state index < -0.39 is 0 Å². The molecule has 2 aliphatic rings. The number of carbonyl (C=O) groups excluding carboxylic acids is 1. The number of carbonyl (C=O) groups is 1. The molecule has 2 aromatic rings. The van der Waals surface area contributed by atoms with Gasteiger partial charge in [-0.05, 0) is 51.9 Å². The summed E-state index contributed by atoms with van der Waals surface area (Å²) in [5.74, 6) is 1.33. The minimum atomic E-state index is -0.0367. The van der Waals surface area contributed by atoms with Gasteiger partial charge in [0.1, 0.15) is 13.2 Å². The molecule has 2 aromatic carbocycles. The maximum absolute atomic E-state index is 12.4. The predicted octanol–water partition coefficient (Wildman–Crippen LogP) is 3.89. The van der Waals surface area contributed by atoms with Crippen molar-refractivity contribution in [1.29, 1.82) is 0 Å².